The summed E-state index contributed by atoms with van der Waals surface area (Å²) in [5, 5.41) is 0. The van der Waals surface area contributed by atoms with Crippen molar-refractivity contribution in [2.75, 3.05) is 0 Å². The first-order valence-corrected chi connectivity index (χ1v) is 5.28. The largest absolute Gasteiger partial charge is 0.417 e. The van der Waals surface area contributed by atoms with E-state index in [2.05, 4.69) is 15.9 Å². The van der Waals surface area contributed by atoms with E-state index in [4.69, 9.17) is 0 Å². The van der Waals surface area contributed by atoms with Crippen LogP contribution in [-0.2, 0) is 6.18 Å². The Kier molecular flexibility index (Phi) is 2.80. The average molecular weight is 290 g/mol. The van der Waals surface area contributed by atoms with E-state index in [1.54, 1.807) is 35.2 Å². The number of halogens is 4. The highest BCUT2D eigenvalue weighted by molar-refractivity contribution is 9.10. The maximum atomic E-state index is 12.6. The lowest BCUT2D eigenvalue weighted by molar-refractivity contribution is -0.138. The molecule has 0 bridgehead atoms. The van der Waals surface area contributed by atoms with E-state index in [0.717, 1.165) is 6.07 Å². The highest BCUT2D eigenvalue weighted by Crippen LogP contribution is 2.35. The van der Waals surface area contributed by atoms with Crippen molar-refractivity contribution in [3.8, 4) is 5.69 Å². The molecule has 0 aliphatic rings. The third-order valence-corrected chi connectivity index (χ3v) is 2.85. The van der Waals surface area contributed by atoms with Crippen molar-refractivity contribution in [1.82, 2.24) is 4.57 Å². The van der Waals surface area contributed by atoms with E-state index in [0.29, 0.717) is 5.69 Å². The van der Waals surface area contributed by atoms with Crippen LogP contribution in [0.25, 0.3) is 5.69 Å². The fourth-order valence-electron chi connectivity index (χ4n) is 1.40. The second kappa shape index (κ2) is 3.97. The van der Waals surface area contributed by atoms with Gasteiger partial charge in [0, 0.05) is 22.6 Å². The van der Waals surface area contributed by atoms with Crippen LogP contribution in [0.2, 0.25) is 0 Å². The summed E-state index contributed by atoms with van der Waals surface area (Å²) in [7, 11) is 0. The van der Waals surface area contributed by atoms with E-state index >= 15 is 0 Å². The van der Waals surface area contributed by atoms with E-state index in [9.17, 15) is 13.2 Å². The number of alkyl halides is 3. The summed E-state index contributed by atoms with van der Waals surface area (Å²) in [6.07, 6.45) is -0.950. The second-order valence-corrected chi connectivity index (χ2v) is 4.11. The van der Waals surface area contributed by atoms with Crippen molar-refractivity contribution in [1.29, 1.82) is 0 Å². The lowest BCUT2D eigenvalue weighted by atomic mass is 10.2. The predicted molar refractivity (Wildman–Crippen MR) is 58.5 cm³/mol. The number of rotatable bonds is 1. The quantitative estimate of drug-likeness (QED) is 0.739. The molecule has 1 nitrogen and oxygen atoms in total. The predicted octanol–water partition coefficient (Wildman–Crippen LogP) is 4.26. The van der Waals surface area contributed by atoms with Gasteiger partial charge in [0.2, 0.25) is 0 Å². The molecule has 0 N–H and O–H groups in total. The Morgan fingerprint density at radius 2 is 1.69 bits per heavy atom. The molecule has 0 fully saturated rings. The molecule has 5 heteroatoms. The molecule has 16 heavy (non-hydrogen) atoms. The van der Waals surface area contributed by atoms with Crippen LogP contribution in [-0.4, -0.2) is 4.57 Å². The van der Waals surface area contributed by atoms with Gasteiger partial charge >= 0.3 is 6.18 Å². The van der Waals surface area contributed by atoms with Crippen LogP contribution in [0.15, 0.2) is 47.2 Å². The van der Waals surface area contributed by atoms with Crippen LogP contribution in [0.5, 0.6) is 0 Å². The van der Waals surface area contributed by atoms with Crippen LogP contribution < -0.4 is 0 Å². The molecule has 0 aliphatic heterocycles. The molecule has 0 spiro atoms. The fourth-order valence-corrected chi connectivity index (χ4v) is 1.87. The SMILES string of the molecule is FC(F)(F)c1cc(-n2cccc2)ccc1Br. The number of hydrogen-bond acceptors (Lipinski definition) is 0. The van der Waals surface area contributed by atoms with Gasteiger partial charge in [-0.15, -0.1) is 0 Å². The minimum absolute atomic E-state index is 0.0518. The van der Waals surface area contributed by atoms with Crippen LogP contribution in [0, 0.1) is 0 Å². The third-order valence-electron chi connectivity index (χ3n) is 2.16. The van der Waals surface area contributed by atoms with E-state index in [1.807, 2.05) is 0 Å². The molecule has 0 radical (unpaired) electrons. The summed E-state index contributed by atoms with van der Waals surface area (Å²) in [6.45, 7) is 0. The summed E-state index contributed by atoms with van der Waals surface area (Å²) in [6, 6.07) is 7.66. The summed E-state index contributed by atoms with van der Waals surface area (Å²) in [5.41, 5.74) is -0.181. The van der Waals surface area contributed by atoms with Gasteiger partial charge in [0.05, 0.1) is 5.56 Å². The molecule has 84 valence electrons. The van der Waals surface area contributed by atoms with Gasteiger partial charge in [0.1, 0.15) is 0 Å². The zero-order valence-electron chi connectivity index (χ0n) is 8.00. The lowest BCUT2D eigenvalue weighted by Crippen LogP contribution is -2.07. The average Bonchev–Trinajstić information content (AvgIpc) is 2.69. The van der Waals surface area contributed by atoms with Crippen molar-refractivity contribution in [3.63, 3.8) is 0 Å². The smallest absolute Gasteiger partial charge is 0.324 e. The lowest BCUT2D eigenvalue weighted by Gasteiger charge is -2.11. The first kappa shape index (κ1) is 11.3. The van der Waals surface area contributed by atoms with Crippen LogP contribution in [0.3, 0.4) is 0 Å². The number of hydrogen-bond donors (Lipinski definition) is 0. The molecule has 1 heterocycles. The Bertz CT molecular complexity index is 488. The minimum atomic E-state index is -4.35. The Hall–Kier alpha value is -1.23. The van der Waals surface area contributed by atoms with Crippen LogP contribution in [0.4, 0.5) is 13.2 Å². The molecule has 1 aromatic carbocycles. The van der Waals surface area contributed by atoms with Crippen molar-refractivity contribution >= 4 is 15.9 Å². The molecule has 0 aliphatic carbocycles. The number of benzene rings is 1. The topological polar surface area (TPSA) is 4.93 Å². The van der Waals surface area contributed by atoms with Gasteiger partial charge in [-0.05, 0) is 30.3 Å². The van der Waals surface area contributed by atoms with Gasteiger partial charge in [-0.25, -0.2) is 0 Å². The highest BCUT2D eigenvalue weighted by Gasteiger charge is 2.33. The van der Waals surface area contributed by atoms with Crippen LogP contribution >= 0.6 is 15.9 Å². The Morgan fingerprint density at radius 3 is 2.25 bits per heavy atom. The molecule has 1 aromatic heterocycles. The molecule has 2 rings (SSSR count). The molecule has 0 atom stereocenters. The molecular formula is C11H7BrF3N. The fraction of sp³-hybridized carbons (Fsp3) is 0.0909. The van der Waals surface area contributed by atoms with Crippen molar-refractivity contribution in [2.45, 2.75) is 6.18 Å². The second-order valence-electron chi connectivity index (χ2n) is 3.25. The van der Waals surface area contributed by atoms with Crippen molar-refractivity contribution in [3.05, 3.63) is 52.8 Å². The van der Waals surface area contributed by atoms with E-state index < -0.39 is 11.7 Å². The highest BCUT2D eigenvalue weighted by atomic mass is 79.9. The van der Waals surface area contributed by atoms with Crippen molar-refractivity contribution in [2.24, 2.45) is 0 Å². The Balaban J connectivity index is 2.52. The molecule has 0 saturated heterocycles. The van der Waals surface area contributed by atoms with Gasteiger partial charge in [-0.2, -0.15) is 13.2 Å². The van der Waals surface area contributed by atoms with E-state index in [1.165, 1.54) is 6.07 Å². The Labute approximate surface area is 98.6 Å². The first-order chi connectivity index (χ1) is 7.48. The molecule has 2 aromatic rings. The number of nitrogens with zero attached hydrogens (tertiary/aromatic N) is 1. The third kappa shape index (κ3) is 2.14. The monoisotopic (exact) mass is 289 g/mol. The van der Waals surface area contributed by atoms with Gasteiger partial charge in [-0.3, -0.25) is 0 Å². The summed E-state index contributed by atoms with van der Waals surface area (Å²) < 4.78 is 39.6. The number of aromatic nitrogens is 1. The van der Waals surface area contributed by atoms with Crippen molar-refractivity contribution < 1.29 is 13.2 Å². The standard InChI is InChI=1S/C11H7BrF3N/c12-10-4-3-8(16-5-1-2-6-16)7-9(10)11(13,14)15/h1-7H. The van der Waals surface area contributed by atoms with Crippen LogP contribution in [0.1, 0.15) is 5.56 Å². The van der Waals surface area contributed by atoms with Gasteiger partial charge in [0.15, 0.2) is 0 Å². The van der Waals surface area contributed by atoms with Gasteiger partial charge in [0.25, 0.3) is 0 Å². The summed E-state index contributed by atoms with van der Waals surface area (Å²) in [5.74, 6) is 0. The zero-order chi connectivity index (χ0) is 11.8. The Morgan fingerprint density at radius 1 is 1.06 bits per heavy atom. The van der Waals surface area contributed by atoms with Gasteiger partial charge < -0.3 is 4.57 Å². The van der Waals surface area contributed by atoms with E-state index in [-0.39, 0.29) is 4.47 Å². The molecule has 0 unspecified atom stereocenters. The maximum absolute atomic E-state index is 12.6. The van der Waals surface area contributed by atoms with Gasteiger partial charge in [-0.1, -0.05) is 15.9 Å². The zero-order valence-corrected chi connectivity index (χ0v) is 9.59. The minimum Gasteiger partial charge on any atom is -0.324 e. The maximum Gasteiger partial charge on any atom is 0.417 e. The molecular weight excluding hydrogens is 283 g/mol. The summed E-state index contributed by atoms with van der Waals surface area (Å²) in [4.78, 5) is 0. The first-order valence-electron chi connectivity index (χ1n) is 4.48. The normalized spacial score (nSPS) is 11.8. The molecule has 0 saturated carbocycles. The molecule has 0 amide bonds. The summed E-state index contributed by atoms with van der Waals surface area (Å²) >= 11 is 2.90.